The molecular formula is C21H28N2O. The van der Waals surface area contributed by atoms with Gasteiger partial charge < -0.3 is 0 Å². The fourth-order valence-corrected chi connectivity index (χ4v) is 4.61. The van der Waals surface area contributed by atoms with Crippen molar-refractivity contribution in [3.05, 3.63) is 47.0 Å². The summed E-state index contributed by atoms with van der Waals surface area (Å²) in [4.78, 5) is 13.3. The fourth-order valence-electron chi connectivity index (χ4n) is 4.61. The molecule has 0 amide bonds. The highest BCUT2D eigenvalue weighted by atomic mass is 16.1. The van der Waals surface area contributed by atoms with Crippen LogP contribution in [-0.4, -0.2) is 9.13 Å². The van der Waals surface area contributed by atoms with Gasteiger partial charge in [-0.05, 0) is 31.2 Å². The van der Waals surface area contributed by atoms with Crippen LogP contribution in [-0.2, 0) is 0 Å². The van der Waals surface area contributed by atoms with E-state index in [-0.39, 0.29) is 5.69 Å². The van der Waals surface area contributed by atoms with E-state index in [4.69, 9.17) is 0 Å². The molecule has 0 N–H and O–H groups in total. The normalized spacial score (nSPS) is 20.3. The molecule has 0 bridgehead atoms. The highest BCUT2D eigenvalue weighted by Crippen LogP contribution is 2.33. The number of hydrogen-bond donors (Lipinski definition) is 0. The van der Waals surface area contributed by atoms with Gasteiger partial charge in [0.25, 0.3) is 0 Å². The van der Waals surface area contributed by atoms with Gasteiger partial charge in [0, 0.05) is 18.3 Å². The first-order valence-corrected chi connectivity index (χ1v) is 9.73. The molecule has 4 rings (SSSR count). The highest BCUT2D eigenvalue weighted by Gasteiger charge is 2.26. The molecule has 0 aliphatic heterocycles. The molecule has 2 saturated carbocycles. The zero-order valence-electron chi connectivity index (χ0n) is 14.5. The molecule has 1 aromatic carbocycles. The molecule has 2 aromatic rings. The Kier molecular flexibility index (Phi) is 4.59. The van der Waals surface area contributed by atoms with Gasteiger partial charge in [0.05, 0.1) is 5.69 Å². The SMILES string of the molecule is O=c1n(C2CCCCC2)cc(-c2ccccc2)n1C1CCCCC1. The second-order valence-corrected chi connectivity index (χ2v) is 7.52. The number of rotatable bonds is 3. The molecule has 2 aliphatic carbocycles. The van der Waals surface area contributed by atoms with Gasteiger partial charge in [-0.25, -0.2) is 4.79 Å². The molecule has 1 heterocycles. The first-order chi connectivity index (χ1) is 11.8. The Morgan fingerprint density at radius 3 is 1.96 bits per heavy atom. The molecule has 1 aromatic heterocycles. The molecule has 0 unspecified atom stereocenters. The van der Waals surface area contributed by atoms with Gasteiger partial charge in [0.1, 0.15) is 0 Å². The van der Waals surface area contributed by atoms with Gasteiger partial charge in [0.2, 0.25) is 0 Å². The quantitative estimate of drug-likeness (QED) is 0.750. The summed E-state index contributed by atoms with van der Waals surface area (Å²) in [7, 11) is 0. The van der Waals surface area contributed by atoms with Crippen molar-refractivity contribution in [3.63, 3.8) is 0 Å². The number of nitrogens with zero attached hydrogens (tertiary/aromatic N) is 2. The maximum atomic E-state index is 13.3. The van der Waals surface area contributed by atoms with Gasteiger partial charge in [-0.1, -0.05) is 68.9 Å². The van der Waals surface area contributed by atoms with Crippen LogP contribution >= 0.6 is 0 Å². The van der Waals surface area contributed by atoms with E-state index in [1.165, 1.54) is 44.1 Å². The Hall–Kier alpha value is -1.77. The van der Waals surface area contributed by atoms with E-state index in [1.807, 2.05) is 6.07 Å². The number of hydrogen-bond acceptors (Lipinski definition) is 1. The molecule has 2 aliphatic rings. The average molecular weight is 324 g/mol. The topological polar surface area (TPSA) is 26.9 Å². The Balaban J connectivity index is 1.79. The van der Waals surface area contributed by atoms with E-state index in [0.717, 1.165) is 31.4 Å². The van der Waals surface area contributed by atoms with Crippen LogP contribution < -0.4 is 5.69 Å². The molecular weight excluding hydrogens is 296 g/mol. The van der Waals surface area contributed by atoms with E-state index in [9.17, 15) is 4.79 Å². The van der Waals surface area contributed by atoms with Gasteiger partial charge >= 0.3 is 5.69 Å². The van der Waals surface area contributed by atoms with Crippen LogP contribution in [0.5, 0.6) is 0 Å². The molecule has 3 heteroatoms. The summed E-state index contributed by atoms with van der Waals surface area (Å²) in [5, 5.41) is 0. The number of aromatic nitrogens is 2. The molecule has 0 saturated heterocycles. The average Bonchev–Trinajstić information content (AvgIpc) is 3.01. The number of imidazole rings is 1. The standard InChI is InChI=1S/C21H28N2O/c24-21-22(18-12-6-2-7-13-18)16-20(17-10-4-1-5-11-17)23(21)19-14-8-3-9-15-19/h1,4-5,10-11,16,18-19H,2-3,6-9,12-15H2. The lowest BCUT2D eigenvalue weighted by atomic mass is 9.95. The van der Waals surface area contributed by atoms with Crippen molar-refractivity contribution in [1.29, 1.82) is 0 Å². The summed E-state index contributed by atoms with van der Waals surface area (Å²) < 4.78 is 4.19. The Morgan fingerprint density at radius 1 is 0.750 bits per heavy atom. The second kappa shape index (κ2) is 7.00. The lowest BCUT2D eigenvalue weighted by molar-refractivity contribution is 0.321. The maximum Gasteiger partial charge on any atom is 0.329 e. The van der Waals surface area contributed by atoms with Crippen molar-refractivity contribution in [3.8, 4) is 11.3 Å². The predicted molar refractivity (Wildman–Crippen MR) is 98.4 cm³/mol. The van der Waals surface area contributed by atoms with Crippen LogP contribution in [0.15, 0.2) is 41.3 Å². The molecule has 0 atom stereocenters. The van der Waals surface area contributed by atoms with Crippen molar-refractivity contribution < 1.29 is 0 Å². The maximum absolute atomic E-state index is 13.3. The summed E-state index contributed by atoms with van der Waals surface area (Å²) in [5.41, 5.74) is 2.53. The smallest absolute Gasteiger partial charge is 0.296 e. The molecule has 128 valence electrons. The van der Waals surface area contributed by atoms with Crippen molar-refractivity contribution in [2.45, 2.75) is 76.3 Å². The zero-order chi connectivity index (χ0) is 16.4. The van der Waals surface area contributed by atoms with Crippen molar-refractivity contribution >= 4 is 0 Å². The summed E-state index contributed by atoms with van der Waals surface area (Å²) in [5.74, 6) is 0. The lowest BCUT2D eigenvalue weighted by Crippen LogP contribution is -2.31. The Morgan fingerprint density at radius 2 is 1.33 bits per heavy atom. The summed E-state index contributed by atoms with van der Waals surface area (Å²) in [6, 6.07) is 11.2. The van der Waals surface area contributed by atoms with Gasteiger partial charge in [-0.15, -0.1) is 0 Å². The van der Waals surface area contributed by atoms with Gasteiger partial charge in [-0.2, -0.15) is 0 Å². The lowest BCUT2D eigenvalue weighted by Gasteiger charge is -2.25. The van der Waals surface area contributed by atoms with Crippen molar-refractivity contribution in [2.75, 3.05) is 0 Å². The Bertz CT molecular complexity index is 716. The van der Waals surface area contributed by atoms with Crippen LogP contribution in [0, 0.1) is 0 Å². The Labute approximate surface area is 144 Å². The number of benzene rings is 1. The van der Waals surface area contributed by atoms with E-state index < -0.39 is 0 Å². The fraction of sp³-hybridized carbons (Fsp3) is 0.571. The third-order valence-electron chi connectivity index (χ3n) is 5.93. The predicted octanol–water partition coefficient (Wildman–Crippen LogP) is 5.33. The minimum atomic E-state index is 0.229. The molecule has 3 nitrogen and oxygen atoms in total. The minimum absolute atomic E-state index is 0.229. The van der Waals surface area contributed by atoms with Gasteiger partial charge in [0.15, 0.2) is 0 Å². The van der Waals surface area contributed by atoms with Crippen molar-refractivity contribution in [2.24, 2.45) is 0 Å². The van der Waals surface area contributed by atoms with E-state index in [0.29, 0.717) is 12.1 Å². The third-order valence-corrected chi connectivity index (χ3v) is 5.93. The molecule has 0 spiro atoms. The van der Waals surface area contributed by atoms with Crippen LogP contribution in [0.25, 0.3) is 11.3 Å². The van der Waals surface area contributed by atoms with Crippen LogP contribution in [0.1, 0.15) is 76.3 Å². The summed E-state index contributed by atoms with van der Waals surface area (Å²) in [6.45, 7) is 0. The molecule has 0 radical (unpaired) electrons. The summed E-state index contributed by atoms with van der Waals surface area (Å²) in [6.07, 6.45) is 14.4. The zero-order valence-corrected chi connectivity index (χ0v) is 14.5. The van der Waals surface area contributed by atoms with E-state index in [2.05, 4.69) is 39.6 Å². The largest absolute Gasteiger partial charge is 0.329 e. The first-order valence-electron chi connectivity index (χ1n) is 9.73. The molecule has 2 fully saturated rings. The van der Waals surface area contributed by atoms with Crippen LogP contribution in [0.4, 0.5) is 0 Å². The first kappa shape index (κ1) is 15.7. The van der Waals surface area contributed by atoms with Crippen LogP contribution in [0.3, 0.4) is 0 Å². The van der Waals surface area contributed by atoms with E-state index >= 15 is 0 Å². The second-order valence-electron chi connectivity index (χ2n) is 7.52. The summed E-state index contributed by atoms with van der Waals surface area (Å²) >= 11 is 0. The minimum Gasteiger partial charge on any atom is -0.296 e. The van der Waals surface area contributed by atoms with Gasteiger partial charge in [-0.3, -0.25) is 9.13 Å². The monoisotopic (exact) mass is 324 g/mol. The highest BCUT2D eigenvalue weighted by molar-refractivity contribution is 5.59. The van der Waals surface area contributed by atoms with Crippen LogP contribution in [0.2, 0.25) is 0 Å². The van der Waals surface area contributed by atoms with E-state index in [1.54, 1.807) is 0 Å². The van der Waals surface area contributed by atoms with Crippen molar-refractivity contribution in [1.82, 2.24) is 9.13 Å². The third kappa shape index (κ3) is 2.97. The molecule has 24 heavy (non-hydrogen) atoms.